The molecule has 0 bridgehead atoms. The third kappa shape index (κ3) is 3.16. The van der Waals surface area contributed by atoms with Gasteiger partial charge in [-0.2, -0.15) is 0 Å². The summed E-state index contributed by atoms with van der Waals surface area (Å²) in [6.45, 7) is 8.05. The zero-order valence-corrected chi connectivity index (χ0v) is 11.6. The normalized spacial score (nSPS) is 23.0. The van der Waals surface area contributed by atoms with Gasteiger partial charge in [0.1, 0.15) is 4.75 Å². The van der Waals surface area contributed by atoms with Crippen molar-refractivity contribution in [2.45, 2.75) is 63.7 Å². The zero-order chi connectivity index (χ0) is 12.4. The van der Waals surface area contributed by atoms with Gasteiger partial charge in [0.15, 0.2) is 0 Å². The molecule has 0 aromatic rings. The topological polar surface area (TPSA) is 35.1 Å². The molecule has 2 nitrogen and oxygen atoms in total. The van der Waals surface area contributed by atoms with Crippen LogP contribution in [0.1, 0.15) is 53.4 Å². The Balaban J connectivity index is 2.67. The summed E-state index contributed by atoms with van der Waals surface area (Å²) in [7, 11) is 0. The fraction of sp³-hybridized carbons (Fsp3) is 0.846. The average molecular weight is 241 g/mol. The van der Waals surface area contributed by atoms with Crippen molar-refractivity contribution in [3.8, 4) is 12.3 Å². The minimum atomic E-state index is -1.04. The van der Waals surface area contributed by atoms with Crippen LogP contribution >= 0.6 is 0 Å². The molecule has 1 aliphatic rings. The molecule has 1 fully saturated rings. The van der Waals surface area contributed by atoms with E-state index in [1.807, 2.05) is 20.8 Å². The molecule has 0 amide bonds. The Kier molecular flexibility index (Phi) is 4.34. The number of nitrogens with one attached hydrogen (secondary N) is 1. The summed E-state index contributed by atoms with van der Waals surface area (Å²) in [6.07, 6.45) is 9.75. The van der Waals surface area contributed by atoms with E-state index >= 15 is 0 Å². The second-order valence-electron chi connectivity index (χ2n) is 5.91. The predicted octanol–water partition coefficient (Wildman–Crippen LogP) is 2.62. The Morgan fingerprint density at radius 1 is 1.38 bits per heavy atom. The predicted molar refractivity (Wildman–Crippen MR) is 70.2 cm³/mol. The van der Waals surface area contributed by atoms with Gasteiger partial charge in [-0.3, -0.25) is 0 Å². The molecule has 16 heavy (non-hydrogen) atoms. The van der Waals surface area contributed by atoms with Crippen LogP contribution in [0.25, 0.3) is 0 Å². The lowest BCUT2D eigenvalue weighted by Gasteiger charge is -2.43. The smallest absolute Gasteiger partial charge is 0.136 e. The average Bonchev–Trinajstić information content (AvgIpc) is 1.97. The first-order valence-corrected chi connectivity index (χ1v) is 7.08. The monoisotopic (exact) mass is 241 g/mol. The van der Waals surface area contributed by atoms with E-state index in [2.05, 4.69) is 17.6 Å². The second kappa shape index (κ2) is 5.00. The molecule has 0 aliphatic heterocycles. The fourth-order valence-electron chi connectivity index (χ4n) is 1.89. The van der Waals surface area contributed by atoms with Gasteiger partial charge < -0.3 is 4.55 Å². The van der Waals surface area contributed by atoms with Crippen LogP contribution in [0.15, 0.2) is 0 Å². The van der Waals surface area contributed by atoms with Crippen molar-refractivity contribution in [3.05, 3.63) is 0 Å². The first-order chi connectivity index (χ1) is 7.29. The standard InChI is InChI=1S/C13H23NOS/c1-6-10-13(5,11-8-7-9-11)14-16(15)12(2,3)4/h1,11,14H,7-10H2,2-5H3. The third-order valence-corrected chi connectivity index (χ3v) is 5.12. The van der Waals surface area contributed by atoms with E-state index in [1.165, 1.54) is 19.3 Å². The van der Waals surface area contributed by atoms with E-state index in [0.29, 0.717) is 12.3 Å². The Labute approximate surface area is 103 Å². The van der Waals surface area contributed by atoms with E-state index in [4.69, 9.17) is 6.42 Å². The van der Waals surface area contributed by atoms with Gasteiger partial charge in [0.2, 0.25) is 0 Å². The minimum Gasteiger partial charge on any atom is -0.598 e. The van der Waals surface area contributed by atoms with Crippen molar-refractivity contribution in [1.29, 1.82) is 0 Å². The number of rotatable bonds is 4. The van der Waals surface area contributed by atoms with Crippen molar-refractivity contribution >= 4 is 11.4 Å². The van der Waals surface area contributed by atoms with Gasteiger partial charge in [0, 0.05) is 17.8 Å². The van der Waals surface area contributed by atoms with Crippen molar-refractivity contribution < 1.29 is 4.55 Å². The van der Waals surface area contributed by atoms with E-state index < -0.39 is 11.4 Å². The molecule has 0 aromatic heterocycles. The molecule has 1 saturated carbocycles. The molecule has 0 spiro atoms. The molecule has 92 valence electrons. The zero-order valence-electron chi connectivity index (χ0n) is 10.8. The summed E-state index contributed by atoms with van der Waals surface area (Å²) >= 11 is -1.04. The lowest BCUT2D eigenvalue weighted by atomic mass is 9.71. The van der Waals surface area contributed by atoms with Gasteiger partial charge in [-0.15, -0.1) is 17.1 Å². The Bertz CT molecular complexity index is 275. The Hall–Kier alpha value is -0.170. The van der Waals surface area contributed by atoms with Gasteiger partial charge in [-0.1, -0.05) is 6.42 Å². The molecule has 1 N–H and O–H groups in total. The van der Waals surface area contributed by atoms with Gasteiger partial charge in [0.05, 0.1) is 5.54 Å². The highest BCUT2D eigenvalue weighted by atomic mass is 32.2. The van der Waals surface area contributed by atoms with E-state index in [0.717, 1.165) is 0 Å². The van der Waals surface area contributed by atoms with Gasteiger partial charge in [-0.25, -0.2) is 0 Å². The summed E-state index contributed by atoms with van der Waals surface area (Å²) in [5.74, 6) is 3.30. The molecular formula is C13H23NOS. The molecule has 1 aliphatic carbocycles. The minimum absolute atomic E-state index is 0.162. The number of hydrogen-bond donors (Lipinski definition) is 1. The molecule has 2 unspecified atom stereocenters. The van der Waals surface area contributed by atoms with Crippen LogP contribution in [0.4, 0.5) is 0 Å². The van der Waals surface area contributed by atoms with E-state index in [9.17, 15) is 4.55 Å². The maximum absolute atomic E-state index is 12.1. The number of terminal acetylenes is 1. The molecule has 3 heteroatoms. The summed E-state index contributed by atoms with van der Waals surface area (Å²) < 4.78 is 15.2. The first-order valence-electron chi connectivity index (χ1n) is 5.93. The molecule has 1 rings (SSSR count). The lowest BCUT2D eigenvalue weighted by molar-refractivity contribution is 0.169. The summed E-state index contributed by atoms with van der Waals surface area (Å²) in [5, 5.41) is 0. The van der Waals surface area contributed by atoms with Crippen LogP contribution < -0.4 is 4.72 Å². The maximum Gasteiger partial charge on any atom is 0.136 e. The SMILES string of the molecule is C#CCC(C)(N[S+]([O-])C(C)(C)C)C1CCC1. The summed E-state index contributed by atoms with van der Waals surface area (Å²) in [6, 6.07) is 0. The third-order valence-electron chi connectivity index (χ3n) is 3.36. The van der Waals surface area contributed by atoms with E-state index in [1.54, 1.807) is 0 Å². The van der Waals surface area contributed by atoms with Crippen LogP contribution in [-0.2, 0) is 11.4 Å². The van der Waals surface area contributed by atoms with Crippen LogP contribution in [0.2, 0.25) is 0 Å². The summed E-state index contributed by atoms with van der Waals surface area (Å²) in [5.41, 5.74) is -0.162. The quantitative estimate of drug-likeness (QED) is 0.606. The molecule has 2 atom stereocenters. The molecule has 0 radical (unpaired) electrons. The molecule has 0 aromatic carbocycles. The Morgan fingerprint density at radius 2 is 1.94 bits per heavy atom. The van der Waals surface area contributed by atoms with Crippen LogP contribution in [0.5, 0.6) is 0 Å². The van der Waals surface area contributed by atoms with Crippen LogP contribution in [-0.4, -0.2) is 14.8 Å². The Morgan fingerprint density at radius 3 is 2.25 bits per heavy atom. The van der Waals surface area contributed by atoms with E-state index in [-0.39, 0.29) is 10.3 Å². The first kappa shape index (κ1) is 13.9. The highest BCUT2D eigenvalue weighted by Crippen LogP contribution is 2.39. The molecule has 0 heterocycles. The number of hydrogen-bond acceptors (Lipinski definition) is 2. The highest BCUT2D eigenvalue weighted by molar-refractivity contribution is 7.90. The summed E-state index contributed by atoms with van der Waals surface area (Å²) in [4.78, 5) is 0. The van der Waals surface area contributed by atoms with Crippen molar-refractivity contribution in [3.63, 3.8) is 0 Å². The lowest BCUT2D eigenvalue weighted by Crippen LogP contribution is -2.56. The van der Waals surface area contributed by atoms with Crippen LogP contribution in [0, 0.1) is 18.3 Å². The molecular weight excluding hydrogens is 218 g/mol. The molecule has 0 saturated heterocycles. The van der Waals surface area contributed by atoms with Crippen LogP contribution in [0.3, 0.4) is 0 Å². The van der Waals surface area contributed by atoms with Crippen molar-refractivity contribution in [1.82, 2.24) is 4.72 Å². The van der Waals surface area contributed by atoms with Gasteiger partial charge in [0.25, 0.3) is 0 Å². The highest BCUT2D eigenvalue weighted by Gasteiger charge is 2.43. The van der Waals surface area contributed by atoms with Crippen molar-refractivity contribution in [2.75, 3.05) is 0 Å². The van der Waals surface area contributed by atoms with Gasteiger partial charge >= 0.3 is 0 Å². The fourth-order valence-corrected chi connectivity index (χ4v) is 2.85. The second-order valence-corrected chi connectivity index (χ2v) is 7.88. The largest absolute Gasteiger partial charge is 0.598 e. The maximum atomic E-state index is 12.1. The van der Waals surface area contributed by atoms with Crippen molar-refractivity contribution in [2.24, 2.45) is 5.92 Å². The van der Waals surface area contributed by atoms with Gasteiger partial charge in [-0.05, 0) is 46.5 Å².